The first-order chi connectivity index (χ1) is 13.1. The van der Waals surface area contributed by atoms with E-state index in [9.17, 15) is 9.59 Å². The van der Waals surface area contributed by atoms with Crippen LogP contribution in [0.3, 0.4) is 0 Å². The third-order valence-electron chi connectivity index (χ3n) is 4.87. The fourth-order valence-electron chi connectivity index (χ4n) is 3.35. The summed E-state index contributed by atoms with van der Waals surface area (Å²) >= 11 is 4.90. The zero-order valence-electron chi connectivity index (χ0n) is 15.4. The Morgan fingerprint density at radius 2 is 2.04 bits per heavy atom. The van der Waals surface area contributed by atoms with E-state index in [1.54, 1.807) is 0 Å². The predicted octanol–water partition coefficient (Wildman–Crippen LogP) is 1.98. The second-order valence-corrected chi connectivity index (χ2v) is 8.77. The van der Waals surface area contributed by atoms with Crippen LogP contribution in [0.5, 0.6) is 0 Å². The van der Waals surface area contributed by atoms with Gasteiger partial charge in [-0.05, 0) is 30.5 Å². The molecule has 148 valence electrons. The van der Waals surface area contributed by atoms with E-state index >= 15 is 0 Å². The molecule has 1 aromatic carbocycles. The van der Waals surface area contributed by atoms with Crippen molar-refractivity contribution in [1.82, 2.24) is 10.2 Å². The monoisotopic (exact) mass is 455 g/mol. The maximum Gasteiger partial charge on any atom is 0.232 e. The van der Waals surface area contributed by atoms with Gasteiger partial charge >= 0.3 is 0 Å². The van der Waals surface area contributed by atoms with Crippen molar-refractivity contribution in [3.63, 3.8) is 0 Å². The van der Waals surface area contributed by atoms with E-state index in [4.69, 9.17) is 4.74 Å². The van der Waals surface area contributed by atoms with Crippen molar-refractivity contribution in [3.8, 4) is 0 Å². The van der Waals surface area contributed by atoms with E-state index in [1.807, 2.05) is 17.0 Å². The molecule has 2 saturated heterocycles. The van der Waals surface area contributed by atoms with Crippen molar-refractivity contribution in [1.29, 1.82) is 0 Å². The number of halogens is 1. The summed E-state index contributed by atoms with van der Waals surface area (Å²) in [6, 6.07) is 8.32. The minimum absolute atomic E-state index is 0.00989. The Kier molecular flexibility index (Phi) is 7.84. The van der Waals surface area contributed by atoms with E-state index in [2.05, 4.69) is 38.3 Å². The van der Waals surface area contributed by atoms with Gasteiger partial charge in [-0.2, -0.15) is 0 Å². The molecule has 0 aromatic heterocycles. The minimum atomic E-state index is 0.00989. The molecule has 0 saturated carbocycles. The average Bonchev–Trinajstić information content (AvgIpc) is 3.16. The number of nitrogens with one attached hydrogen (secondary N) is 1. The molecule has 2 aliphatic heterocycles. The number of rotatable bonds is 7. The minimum Gasteiger partial charge on any atom is -0.378 e. The van der Waals surface area contributed by atoms with Gasteiger partial charge < -0.3 is 19.9 Å². The Labute approximate surface area is 173 Å². The van der Waals surface area contributed by atoms with Gasteiger partial charge in [0.2, 0.25) is 11.8 Å². The lowest BCUT2D eigenvalue weighted by Gasteiger charge is -2.26. The fraction of sp³-hybridized carbons (Fsp3) is 0.579. The number of carbonyl (C=O) groups excluding carboxylic acids is 2. The molecular weight excluding hydrogens is 430 g/mol. The van der Waals surface area contributed by atoms with Gasteiger partial charge in [0.05, 0.1) is 24.7 Å². The van der Waals surface area contributed by atoms with Crippen LogP contribution in [0.15, 0.2) is 28.7 Å². The van der Waals surface area contributed by atoms with Gasteiger partial charge in [0, 0.05) is 42.9 Å². The van der Waals surface area contributed by atoms with E-state index in [1.165, 1.54) is 17.4 Å². The van der Waals surface area contributed by atoms with E-state index < -0.39 is 0 Å². The molecule has 0 radical (unpaired) electrons. The Hall–Kier alpha value is -1.25. The number of amides is 2. The van der Waals surface area contributed by atoms with Crippen LogP contribution in [0.2, 0.25) is 0 Å². The third kappa shape index (κ3) is 6.40. The number of carbonyl (C=O) groups is 2. The first kappa shape index (κ1) is 20.5. The summed E-state index contributed by atoms with van der Waals surface area (Å²) in [4.78, 5) is 28.3. The lowest BCUT2D eigenvalue weighted by atomic mass is 10.1. The standard InChI is InChI=1S/C19H26BrN3O3S/c20-16-2-1-3-17(10-16)23-5-4-15(12-23)11-21-18(24)13-27-14-19(25)22-6-8-26-9-7-22/h1-3,10,15H,4-9,11-14H2,(H,21,24). The van der Waals surface area contributed by atoms with E-state index in [0.717, 1.165) is 24.0 Å². The molecule has 8 heteroatoms. The summed E-state index contributed by atoms with van der Waals surface area (Å²) in [5.41, 5.74) is 1.22. The van der Waals surface area contributed by atoms with Gasteiger partial charge in [0.1, 0.15) is 0 Å². The highest BCUT2D eigenvalue weighted by Gasteiger charge is 2.23. The van der Waals surface area contributed by atoms with Crippen molar-refractivity contribution in [2.45, 2.75) is 6.42 Å². The normalized spacial score (nSPS) is 20.0. The van der Waals surface area contributed by atoms with Gasteiger partial charge in [-0.3, -0.25) is 9.59 Å². The van der Waals surface area contributed by atoms with Crippen LogP contribution < -0.4 is 10.2 Å². The topological polar surface area (TPSA) is 61.9 Å². The molecule has 3 rings (SSSR count). The van der Waals surface area contributed by atoms with E-state index in [-0.39, 0.29) is 11.8 Å². The number of benzene rings is 1. The van der Waals surface area contributed by atoms with Crippen LogP contribution in [0.1, 0.15) is 6.42 Å². The molecule has 1 N–H and O–H groups in total. The zero-order valence-corrected chi connectivity index (χ0v) is 17.8. The summed E-state index contributed by atoms with van der Waals surface area (Å²) in [7, 11) is 0. The lowest BCUT2D eigenvalue weighted by Crippen LogP contribution is -2.41. The molecule has 2 heterocycles. The number of hydrogen-bond acceptors (Lipinski definition) is 5. The quantitative estimate of drug-likeness (QED) is 0.680. The van der Waals surface area contributed by atoms with Crippen molar-refractivity contribution in [2.75, 3.05) is 62.3 Å². The SMILES string of the molecule is O=C(CSCC(=O)N1CCOCC1)NCC1CCN(c2cccc(Br)c2)C1. The summed E-state index contributed by atoms with van der Waals surface area (Å²) in [6.45, 7) is 5.19. The third-order valence-corrected chi connectivity index (χ3v) is 6.28. The molecule has 2 amide bonds. The van der Waals surface area contributed by atoms with Gasteiger partial charge in [0.25, 0.3) is 0 Å². The van der Waals surface area contributed by atoms with Gasteiger partial charge in [-0.1, -0.05) is 22.0 Å². The largest absolute Gasteiger partial charge is 0.378 e. The van der Waals surface area contributed by atoms with Crippen molar-refractivity contribution >= 4 is 45.2 Å². The maximum atomic E-state index is 12.1. The molecular formula is C19H26BrN3O3S. The van der Waals surface area contributed by atoms with Gasteiger partial charge in [0.15, 0.2) is 0 Å². The van der Waals surface area contributed by atoms with Crippen LogP contribution in [0.25, 0.3) is 0 Å². The van der Waals surface area contributed by atoms with Crippen LogP contribution in [-0.4, -0.2) is 74.2 Å². The number of morpholine rings is 1. The Bertz CT molecular complexity index is 655. The van der Waals surface area contributed by atoms with E-state index in [0.29, 0.717) is 50.3 Å². The molecule has 0 spiro atoms. The second kappa shape index (κ2) is 10.3. The summed E-state index contributed by atoms with van der Waals surface area (Å²) < 4.78 is 6.33. The fourth-order valence-corrected chi connectivity index (χ4v) is 4.48. The number of ether oxygens (including phenoxy) is 1. The highest BCUT2D eigenvalue weighted by Crippen LogP contribution is 2.25. The highest BCUT2D eigenvalue weighted by molar-refractivity contribution is 9.10. The van der Waals surface area contributed by atoms with Crippen LogP contribution in [-0.2, 0) is 14.3 Å². The molecule has 1 unspecified atom stereocenters. The number of hydrogen-bond donors (Lipinski definition) is 1. The first-order valence-corrected chi connectivity index (χ1v) is 11.3. The molecule has 2 aliphatic rings. The molecule has 2 fully saturated rings. The summed E-state index contributed by atoms with van der Waals surface area (Å²) in [6.07, 6.45) is 1.08. The van der Waals surface area contributed by atoms with Crippen molar-refractivity contribution < 1.29 is 14.3 Å². The van der Waals surface area contributed by atoms with Gasteiger partial charge in [-0.25, -0.2) is 0 Å². The zero-order chi connectivity index (χ0) is 19.1. The molecule has 1 aromatic rings. The Balaban J connectivity index is 1.31. The van der Waals surface area contributed by atoms with Gasteiger partial charge in [-0.15, -0.1) is 11.8 Å². The smallest absolute Gasteiger partial charge is 0.232 e. The molecule has 1 atom stereocenters. The second-order valence-electron chi connectivity index (χ2n) is 6.87. The molecule has 0 bridgehead atoms. The first-order valence-electron chi connectivity index (χ1n) is 9.32. The van der Waals surface area contributed by atoms with Crippen LogP contribution in [0.4, 0.5) is 5.69 Å². The Morgan fingerprint density at radius 3 is 2.81 bits per heavy atom. The molecule has 0 aliphatic carbocycles. The maximum absolute atomic E-state index is 12.1. The van der Waals surface area contributed by atoms with Crippen LogP contribution in [0, 0.1) is 5.92 Å². The summed E-state index contributed by atoms with van der Waals surface area (Å²) in [5.74, 6) is 1.26. The predicted molar refractivity (Wildman–Crippen MR) is 112 cm³/mol. The van der Waals surface area contributed by atoms with Crippen molar-refractivity contribution in [3.05, 3.63) is 28.7 Å². The number of anilines is 1. The lowest BCUT2D eigenvalue weighted by molar-refractivity contribution is -0.132. The Morgan fingerprint density at radius 1 is 1.22 bits per heavy atom. The van der Waals surface area contributed by atoms with Crippen LogP contribution >= 0.6 is 27.7 Å². The summed E-state index contributed by atoms with van der Waals surface area (Å²) in [5, 5.41) is 3.02. The average molecular weight is 456 g/mol. The van der Waals surface area contributed by atoms with Crippen molar-refractivity contribution in [2.24, 2.45) is 5.92 Å². The number of nitrogens with zero attached hydrogens (tertiary/aromatic N) is 2. The molecule has 6 nitrogen and oxygen atoms in total. The number of thioether (sulfide) groups is 1. The highest BCUT2D eigenvalue weighted by atomic mass is 79.9. The molecule has 27 heavy (non-hydrogen) atoms.